The highest BCUT2D eigenvalue weighted by Gasteiger charge is 2.31. The average Bonchev–Trinajstić information content (AvgIpc) is 3.45. The Morgan fingerprint density at radius 2 is 1.94 bits per heavy atom. The third-order valence-corrected chi connectivity index (χ3v) is 7.45. The quantitative estimate of drug-likeness (QED) is 0.266. The van der Waals surface area contributed by atoms with Crippen LogP contribution in [0.5, 0.6) is 5.88 Å². The van der Waals surface area contributed by atoms with Crippen molar-refractivity contribution in [1.29, 1.82) is 0 Å². The summed E-state index contributed by atoms with van der Waals surface area (Å²) in [6.07, 6.45) is 9.53. The second kappa shape index (κ2) is 10.3. The Hall–Kier alpha value is -2.81. The molecule has 192 valence electrons. The number of hydrogen-bond donors (Lipinski definition) is 0. The van der Waals surface area contributed by atoms with Gasteiger partial charge in [-0.15, -0.1) is 0 Å². The Labute approximate surface area is 225 Å². The predicted molar refractivity (Wildman–Crippen MR) is 124 cm³/mol. The number of fused-ring (bicyclic) bond motifs is 1. The van der Waals surface area contributed by atoms with Crippen molar-refractivity contribution in [3.05, 3.63) is 54.6 Å². The van der Waals surface area contributed by atoms with Gasteiger partial charge in [-0.2, -0.15) is 4.57 Å². The molecule has 0 unspecified atom stereocenters. The van der Waals surface area contributed by atoms with Gasteiger partial charge in [0.15, 0.2) is 9.84 Å². The first kappa shape index (κ1) is 26.3. The number of halogens is 2. The van der Waals surface area contributed by atoms with Gasteiger partial charge in [-0.3, -0.25) is 0 Å². The molecule has 2 aliphatic heterocycles. The van der Waals surface area contributed by atoms with E-state index in [2.05, 4.69) is 9.97 Å². The van der Waals surface area contributed by atoms with E-state index in [1.165, 1.54) is 18.5 Å². The first-order valence-electron chi connectivity index (χ1n) is 11.3. The minimum atomic E-state index is -3.50. The molecule has 36 heavy (non-hydrogen) atoms. The van der Waals surface area contributed by atoms with Crippen LogP contribution in [0.1, 0.15) is 18.4 Å². The van der Waals surface area contributed by atoms with Crippen molar-refractivity contribution in [1.82, 2.24) is 19.4 Å². The Morgan fingerprint density at radius 1 is 1.19 bits per heavy atom. The van der Waals surface area contributed by atoms with Gasteiger partial charge in [0.25, 0.3) is 6.33 Å². The second-order valence-electron chi connectivity index (χ2n) is 8.84. The number of piperidine rings is 1. The minimum absolute atomic E-state index is 0. The predicted octanol–water partition coefficient (Wildman–Crippen LogP) is -1.15. The molecule has 1 fully saturated rings. The van der Waals surface area contributed by atoms with Crippen molar-refractivity contribution in [2.24, 2.45) is 7.05 Å². The third kappa shape index (κ3) is 5.16. The van der Waals surface area contributed by atoms with Crippen LogP contribution in [0, 0.1) is 5.82 Å². The van der Waals surface area contributed by atoms with Gasteiger partial charge in [0.2, 0.25) is 5.88 Å². The fourth-order valence-electron chi connectivity index (χ4n) is 4.49. The summed E-state index contributed by atoms with van der Waals surface area (Å²) in [6, 6.07) is 3.82. The summed E-state index contributed by atoms with van der Waals surface area (Å²) in [4.78, 5) is 24.8. The second-order valence-corrected chi connectivity index (χ2v) is 10.9. The van der Waals surface area contributed by atoms with Gasteiger partial charge in [-0.1, -0.05) is 0 Å². The summed E-state index contributed by atoms with van der Waals surface area (Å²) >= 11 is 0. The van der Waals surface area contributed by atoms with Gasteiger partial charge in [-0.05, 0) is 24.6 Å². The van der Waals surface area contributed by atoms with Crippen LogP contribution in [0.4, 0.5) is 20.7 Å². The van der Waals surface area contributed by atoms with Gasteiger partial charge in [-0.25, -0.2) is 32.1 Å². The molecule has 1 aromatic carbocycles. The van der Waals surface area contributed by atoms with Crippen molar-refractivity contribution in [3.63, 3.8) is 0 Å². The molecule has 0 aliphatic carbocycles. The zero-order chi connectivity index (χ0) is 24.7. The lowest BCUT2D eigenvalue weighted by Gasteiger charge is -2.30. The number of carbonyl (C=O) groups excluding carboxylic acids is 1. The molecule has 0 radical (unpaired) electrons. The number of ether oxygens (including phenoxy) is 1. The number of hydrogen-bond acceptors (Lipinski definition) is 7. The van der Waals surface area contributed by atoms with Gasteiger partial charge in [0.1, 0.15) is 36.5 Å². The van der Waals surface area contributed by atoms with E-state index in [0.717, 1.165) is 17.9 Å². The van der Waals surface area contributed by atoms with Gasteiger partial charge in [0.05, 0.1) is 23.2 Å². The summed E-state index contributed by atoms with van der Waals surface area (Å²) < 4.78 is 47.9. The highest BCUT2D eigenvalue weighted by Crippen LogP contribution is 2.38. The maximum atomic E-state index is 14.8. The molecule has 0 bridgehead atoms. The van der Waals surface area contributed by atoms with E-state index >= 15 is 0 Å². The van der Waals surface area contributed by atoms with E-state index in [1.54, 1.807) is 26.9 Å². The number of anilines is 2. The number of rotatable bonds is 4. The molecule has 10 nitrogen and oxygen atoms in total. The molecule has 1 amide bonds. The van der Waals surface area contributed by atoms with Crippen molar-refractivity contribution >= 4 is 27.4 Å². The number of carbonyl (C=O) groups is 1. The smallest absolute Gasteiger partial charge is 0.415 e. The summed E-state index contributed by atoms with van der Waals surface area (Å²) in [5.41, 5.74) is 1.04. The molecule has 0 saturated carbocycles. The van der Waals surface area contributed by atoms with Crippen molar-refractivity contribution in [3.8, 4) is 5.88 Å². The van der Waals surface area contributed by atoms with E-state index in [4.69, 9.17) is 4.74 Å². The lowest BCUT2D eigenvalue weighted by molar-refractivity contribution is -0.670. The fraction of sp³-hybridized carbons (Fsp3) is 0.391. The van der Waals surface area contributed by atoms with E-state index in [-0.39, 0.29) is 46.7 Å². The molecular weight excluding hydrogens is 602 g/mol. The number of amides is 1. The van der Waals surface area contributed by atoms with Crippen LogP contribution in [0.25, 0.3) is 0 Å². The molecule has 3 aromatic rings. The Morgan fingerprint density at radius 3 is 2.58 bits per heavy atom. The Bertz CT molecular complexity index is 1390. The first-order valence-corrected chi connectivity index (χ1v) is 13.2. The zero-order valence-electron chi connectivity index (χ0n) is 19.8. The molecule has 2 aliphatic rings. The van der Waals surface area contributed by atoms with E-state index in [9.17, 15) is 17.6 Å². The molecule has 5 rings (SSSR count). The molecule has 2 aromatic heterocycles. The summed E-state index contributed by atoms with van der Waals surface area (Å²) in [5.74, 6) is 0.386. The van der Waals surface area contributed by atoms with Crippen molar-refractivity contribution in [2.45, 2.75) is 30.3 Å². The zero-order valence-corrected chi connectivity index (χ0v) is 22.8. The normalized spacial score (nSPS) is 16.0. The van der Waals surface area contributed by atoms with Crippen LogP contribution in [0.15, 0.2) is 48.1 Å². The lowest BCUT2D eigenvalue weighted by Crippen LogP contribution is -3.00. The number of aromatic nitrogens is 4. The number of benzene rings is 1. The number of nitrogens with zero attached hydrogens (tertiary/aromatic N) is 6. The van der Waals surface area contributed by atoms with Crippen molar-refractivity contribution in [2.75, 3.05) is 30.8 Å². The lowest BCUT2D eigenvalue weighted by atomic mass is 10.1. The first-order chi connectivity index (χ1) is 16.7. The molecule has 4 heterocycles. The van der Waals surface area contributed by atoms with E-state index < -0.39 is 15.7 Å². The van der Waals surface area contributed by atoms with E-state index in [0.29, 0.717) is 50.6 Å². The third-order valence-electron chi connectivity index (χ3n) is 6.34. The molecular formula is C23H26FIN6O4S. The number of likely N-dealkylation sites (tertiary alicyclic amines) is 1. The summed E-state index contributed by atoms with van der Waals surface area (Å²) in [7, 11) is -1.64. The Balaban J connectivity index is 0.00000304. The van der Waals surface area contributed by atoms with Crippen LogP contribution in [-0.4, -0.2) is 65.9 Å². The monoisotopic (exact) mass is 628 g/mol. The van der Waals surface area contributed by atoms with E-state index in [1.807, 2.05) is 17.8 Å². The molecule has 13 heteroatoms. The molecule has 0 atom stereocenters. The van der Waals surface area contributed by atoms with Gasteiger partial charge >= 0.3 is 6.03 Å². The topological polar surface area (TPSA) is 102 Å². The average molecular weight is 628 g/mol. The largest absolute Gasteiger partial charge is 1.00 e. The fourth-order valence-corrected chi connectivity index (χ4v) is 5.12. The minimum Gasteiger partial charge on any atom is -1.00 e. The maximum Gasteiger partial charge on any atom is 0.415 e. The number of sulfone groups is 1. The standard InChI is InChI=1S/C23H26FN6O4S.HI/c1-27-11-12-29(15-27)23(31)28-8-5-16(6-9-28)34-22-18-7-10-30(21(18)25-14-26-22)20-4-3-17(13-19(20)24)35(2,32)33;/h3-4,11-16H,5-10H2,1-2H3;1H/q+1;/p-1. The maximum absolute atomic E-state index is 14.8. The van der Waals surface area contributed by atoms with Crippen LogP contribution >= 0.6 is 0 Å². The summed E-state index contributed by atoms with van der Waals surface area (Å²) in [5, 5.41) is 0. The van der Waals surface area contributed by atoms with Gasteiger partial charge < -0.3 is 38.5 Å². The molecule has 1 saturated heterocycles. The highest BCUT2D eigenvalue weighted by atomic mass is 127. The number of imidazole rings is 1. The molecule has 0 spiro atoms. The van der Waals surface area contributed by atoms with Crippen LogP contribution in [0.2, 0.25) is 0 Å². The van der Waals surface area contributed by atoms with Gasteiger partial charge in [0, 0.05) is 38.7 Å². The van der Waals surface area contributed by atoms with Crippen molar-refractivity contribution < 1.29 is 50.9 Å². The molecule has 0 N–H and O–H groups in total. The van der Waals surface area contributed by atoms with Crippen LogP contribution in [0.3, 0.4) is 0 Å². The van der Waals surface area contributed by atoms with Crippen LogP contribution in [-0.2, 0) is 23.3 Å². The number of aryl methyl sites for hydroxylation is 1. The highest BCUT2D eigenvalue weighted by molar-refractivity contribution is 7.90. The Kier molecular flexibility index (Phi) is 7.50. The SMILES string of the molecule is C[n+]1ccn(C(=O)N2CCC(Oc3ncnc4c3CCN4c3ccc(S(C)(=O)=O)cc3F)CC2)c1.[I-]. The summed E-state index contributed by atoms with van der Waals surface area (Å²) in [6.45, 7) is 1.62. The van der Waals surface area contributed by atoms with Crippen LogP contribution < -0.4 is 38.2 Å².